The molecule has 1 aliphatic rings. The average Bonchev–Trinajstić information content (AvgIpc) is 3.08. The number of fused-ring (bicyclic) bond motifs is 1. The Morgan fingerprint density at radius 2 is 2.14 bits per heavy atom. The molecular weight excluding hydrogens is 280 g/mol. The third kappa shape index (κ3) is 2.96. The zero-order valence-electron chi connectivity index (χ0n) is 12.5. The quantitative estimate of drug-likeness (QED) is 0.625. The molecule has 2 aromatic rings. The van der Waals surface area contributed by atoms with E-state index in [9.17, 15) is 4.79 Å². The number of carbonyl (C=O) groups is 1. The Kier molecular flexibility index (Phi) is 3.83. The summed E-state index contributed by atoms with van der Waals surface area (Å²) in [5.74, 6) is 1.87. The average molecular weight is 296 g/mol. The Morgan fingerprint density at radius 1 is 1.27 bits per heavy atom. The van der Waals surface area contributed by atoms with Gasteiger partial charge in [-0.1, -0.05) is 5.57 Å². The number of benzene rings is 1. The molecule has 4 heteroatoms. The summed E-state index contributed by atoms with van der Waals surface area (Å²) in [6.45, 7) is 4.52. The smallest absolute Gasteiger partial charge is 0.232 e. The predicted molar refractivity (Wildman–Crippen MR) is 83.0 cm³/mol. The minimum absolute atomic E-state index is 0.151. The fourth-order valence-corrected chi connectivity index (χ4v) is 2.06. The number of allylic oxidation sites excluding steroid dienone is 2. The Hall–Kier alpha value is -2.75. The zero-order valence-corrected chi connectivity index (χ0v) is 12.5. The lowest BCUT2D eigenvalue weighted by Crippen LogP contribution is -1.97. The summed E-state index contributed by atoms with van der Waals surface area (Å²) in [7, 11) is 0. The number of furan rings is 1. The molecule has 1 aliphatic heterocycles. The van der Waals surface area contributed by atoms with Crippen LogP contribution in [0.5, 0.6) is 11.5 Å². The first-order valence-corrected chi connectivity index (χ1v) is 7.01. The lowest BCUT2D eigenvalue weighted by atomic mass is 10.1. The van der Waals surface area contributed by atoms with Gasteiger partial charge in [0.05, 0.1) is 11.8 Å². The van der Waals surface area contributed by atoms with Crippen LogP contribution in [0.15, 0.2) is 58.4 Å². The summed E-state index contributed by atoms with van der Waals surface area (Å²) in [6.07, 6.45) is 5.13. The number of Topliss-reactive ketones (excluding diaryl/α,β-unsaturated/α-hetero) is 1. The van der Waals surface area contributed by atoms with Crippen molar-refractivity contribution in [1.29, 1.82) is 0 Å². The van der Waals surface area contributed by atoms with Gasteiger partial charge in [0, 0.05) is 12.1 Å². The lowest BCUT2D eigenvalue weighted by molar-refractivity contribution is 0.101. The second kappa shape index (κ2) is 5.93. The first-order valence-electron chi connectivity index (χ1n) is 7.01. The van der Waals surface area contributed by atoms with Crippen LogP contribution in [0.1, 0.15) is 30.0 Å². The normalized spacial score (nSPS) is 14.6. The van der Waals surface area contributed by atoms with E-state index in [0.717, 1.165) is 0 Å². The number of carbonyl (C=O) groups excluding carboxylic acids is 1. The van der Waals surface area contributed by atoms with Gasteiger partial charge in [0.15, 0.2) is 5.76 Å². The van der Waals surface area contributed by atoms with E-state index in [4.69, 9.17) is 13.9 Å². The first-order chi connectivity index (χ1) is 10.6. The summed E-state index contributed by atoms with van der Waals surface area (Å²) in [4.78, 5) is 12.3. The molecule has 0 radical (unpaired) electrons. The van der Waals surface area contributed by atoms with Gasteiger partial charge in [-0.2, -0.15) is 0 Å². The van der Waals surface area contributed by atoms with Gasteiger partial charge in [-0.25, -0.2) is 0 Å². The van der Waals surface area contributed by atoms with Crippen LogP contribution >= 0.6 is 0 Å². The van der Waals surface area contributed by atoms with Gasteiger partial charge in [-0.3, -0.25) is 4.79 Å². The zero-order chi connectivity index (χ0) is 15.5. The van der Waals surface area contributed by atoms with Crippen LogP contribution in [-0.2, 0) is 0 Å². The molecule has 0 N–H and O–H groups in total. The molecule has 0 spiro atoms. The van der Waals surface area contributed by atoms with E-state index in [2.05, 4.69) is 0 Å². The number of ketones is 1. The molecule has 0 fully saturated rings. The number of ether oxygens (including phenoxy) is 2. The van der Waals surface area contributed by atoms with Crippen molar-refractivity contribution in [2.45, 2.75) is 13.8 Å². The van der Waals surface area contributed by atoms with Crippen molar-refractivity contribution < 1.29 is 18.7 Å². The van der Waals surface area contributed by atoms with E-state index in [0.29, 0.717) is 29.4 Å². The Balaban J connectivity index is 1.79. The SMILES string of the molecule is CC(C)=CCOc1ccc2c(c1)OC(=Cc1ccco1)C2=O. The van der Waals surface area contributed by atoms with Crippen molar-refractivity contribution in [2.24, 2.45) is 0 Å². The van der Waals surface area contributed by atoms with E-state index in [1.807, 2.05) is 19.9 Å². The second-order valence-corrected chi connectivity index (χ2v) is 5.21. The maximum atomic E-state index is 12.3. The van der Waals surface area contributed by atoms with Crippen LogP contribution in [0.3, 0.4) is 0 Å². The molecule has 0 aliphatic carbocycles. The predicted octanol–water partition coefficient (Wildman–Crippen LogP) is 4.24. The van der Waals surface area contributed by atoms with Crippen LogP contribution in [0.4, 0.5) is 0 Å². The van der Waals surface area contributed by atoms with Crippen molar-refractivity contribution in [3.05, 3.63) is 65.3 Å². The second-order valence-electron chi connectivity index (χ2n) is 5.21. The molecule has 0 bridgehead atoms. The van der Waals surface area contributed by atoms with Gasteiger partial charge in [-0.05, 0) is 44.2 Å². The van der Waals surface area contributed by atoms with Crippen molar-refractivity contribution in [3.8, 4) is 11.5 Å². The summed E-state index contributed by atoms with van der Waals surface area (Å²) in [6, 6.07) is 8.75. The van der Waals surface area contributed by atoms with E-state index in [-0.39, 0.29) is 11.5 Å². The fourth-order valence-electron chi connectivity index (χ4n) is 2.06. The van der Waals surface area contributed by atoms with E-state index < -0.39 is 0 Å². The van der Waals surface area contributed by atoms with Crippen LogP contribution in [0.25, 0.3) is 6.08 Å². The van der Waals surface area contributed by atoms with Crippen LogP contribution < -0.4 is 9.47 Å². The third-order valence-corrected chi connectivity index (χ3v) is 3.20. The van der Waals surface area contributed by atoms with E-state index in [1.165, 1.54) is 5.57 Å². The Bertz CT molecular complexity index is 747. The minimum Gasteiger partial charge on any atom is -0.489 e. The van der Waals surface area contributed by atoms with Crippen LogP contribution in [0.2, 0.25) is 0 Å². The minimum atomic E-state index is -0.151. The Labute approximate surface area is 128 Å². The fraction of sp³-hybridized carbons (Fsp3) is 0.167. The molecule has 1 aromatic heterocycles. The molecule has 4 nitrogen and oxygen atoms in total. The molecule has 0 saturated heterocycles. The summed E-state index contributed by atoms with van der Waals surface area (Å²) >= 11 is 0. The molecule has 22 heavy (non-hydrogen) atoms. The van der Waals surface area contributed by atoms with E-state index >= 15 is 0 Å². The molecule has 2 heterocycles. The summed E-state index contributed by atoms with van der Waals surface area (Å²) in [5.41, 5.74) is 1.73. The Morgan fingerprint density at radius 3 is 2.86 bits per heavy atom. The number of hydrogen-bond donors (Lipinski definition) is 0. The molecule has 0 unspecified atom stereocenters. The van der Waals surface area contributed by atoms with Crippen molar-refractivity contribution in [1.82, 2.24) is 0 Å². The van der Waals surface area contributed by atoms with Gasteiger partial charge in [0.25, 0.3) is 0 Å². The van der Waals surface area contributed by atoms with Gasteiger partial charge < -0.3 is 13.9 Å². The van der Waals surface area contributed by atoms with Crippen LogP contribution in [-0.4, -0.2) is 12.4 Å². The molecule has 112 valence electrons. The number of rotatable bonds is 4. The largest absolute Gasteiger partial charge is 0.489 e. The highest BCUT2D eigenvalue weighted by molar-refractivity contribution is 6.14. The highest BCUT2D eigenvalue weighted by Gasteiger charge is 2.28. The van der Waals surface area contributed by atoms with Gasteiger partial charge in [0.2, 0.25) is 5.78 Å². The monoisotopic (exact) mass is 296 g/mol. The molecule has 1 aromatic carbocycles. The van der Waals surface area contributed by atoms with Crippen molar-refractivity contribution in [2.75, 3.05) is 6.61 Å². The van der Waals surface area contributed by atoms with Crippen molar-refractivity contribution >= 4 is 11.9 Å². The third-order valence-electron chi connectivity index (χ3n) is 3.20. The van der Waals surface area contributed by atoms with Gasteiger partial charge in [-0.15, -0.1) is 0 Å². The summed E-state index contributed by atoms with van der Waals surface area (Å²) < 4.78 is 16.4. The van der Waals surface area contributed by atoms with Crippen LogP contribution in [0, 0.1) is 0 Å². The highest BCUT2D eigenvalue weighted by Crippen LogP contribution is 2.34. The maximum Gasteiger partial charge on any atom is 0.232 e. The summed E-state index contributed by atoms with van der Waals surface area (Å²) in [5, 5.41) is 0. The lowest BCUT2D eigenvalue weighted by Gasteiger charge is -2.05. The highest BCUT2D eigenvalue weighted by atomic mass is 16.5. The van der Waals surface area contributed by atoms with E-state index in [1.54, 1.807) is 42.7 Å². The first kappa shape index (κ1) is 14.2. The number of hydrogen-bond acceptors (Lipinski definition) is 4. The van der Waals surface area contributed by atoms with Gasteiger partial charge >= 0.3 is 0 Å². The standard InChI is InChI=1S/C18H16O4/c1-12(2)7-9-21-14-5-6-15-16(10-14)22-17(18(15)19)11-13-4-3-8-20-13/h3-8,10-11H,9H2,1-2H3. The molecular formula is C18H16O4. The van der Waals surface area contributed by atoms with Gasteiger partial charge in [0.1, 0.15) is 23.9 Å². The molecule has 3 rings (SSSR count). The molecule has 0 amide bonds. The molecule has 0 atom stereocenters. The maximum absolute atomic E-state index is 12.3. The molecule has 0 saturated carbocycles. The topological polar surface area (TPSA) is 48.7 Å². The van der Waals surface area contributed by atoms with Crippen molar-refractivity contribution in [3.63, 3.8) is 0 Å².